The van der Waals surface area contributed by atoms with Crippen LogP contribution in [0.1, 0.15) is 37.8 Å². The summed E-state index contributed by atoms with van der Waals surface area (Å²) in [6, 6.07) is 4.08. The molecule has 0 radical (unpaired) electrons. The highest BCUT2D eigenvalue weighted by Gasteiger charge is 2.14. The van der Waals surface area contributed by atoms with E-state index in [1.807, 2.05) is 6.07 Å². The number of halogens is 1. The summed E-state index contributed by atoms with van der Waals surface area (Å²) in [7, 11) is 0. The lowest BCUT2D eigenvalue weighted by molar-refractivity contribution is 0.460. The minimum absolute atomic E-state index is 0.462. The third kappa shape index (κ3) is 3.81. The molecule has 0 bridgehead atoms. The maximum atomic E-state index is 6.12. The number of hydrogen-bond acceptors (Lipinski definition) is 5. The van der Waals surface area contributed by atoms with Crippen LogP contribution in [0.3, 0.4) is 0 Å². The Morgan fingerprint density at radius 3 is 2.82 bits per heavy atom. The van der Waals surface area contributed by atoms with Crippen molar-refractivity contribution in [3.05, 3.63) is 40.1 Å². The number of pyridine rings is 1. The summed E-state index contributed by atoms with van der Waals surface area (Å²) in [5, 5.41) is 4.00. The average molecular weight is 336 g/mol. The molecule has 0 spiro atoms. The van der Waals surface area contributed by atoms with E-state index in [4.69, 9.17) is 23.8 Å². The highest BCUT2D eigenvalue weighted by Crippen LogP contribution is 2.20. The number of nitrogens with one attached hydrogen (secondary N) is 1. The van der Waals surface area contributed by atoms with Crippen molar-refractivity contribution in [2.45, 2.75) is 44.7 Å². The van der Waals surface area contributed by atoms with Gasteiger partial charge in [-0.15, -0.1) is 0 Å². The molecule has 5 nitrogen and oxygen atoms in total. The largest absolute Gasteiger partial charge is 0.351 e. The van der Waals surface area contributed by atoms with Crippen molar-refractivity contribution in [3.8, 4) is 0 Å². The van der Waals surface area contributed by atoms with E-state index in [1.165, 1.54) is 32.1 Å². The second kappa shape index (κ2) is 7.15. The smallest absolute Gasteiger partial charge is 0.227 e. The van der Waals surface area contributed by atoms with E-state index < -0.39 is 0 Å². The van der Waals surface area contributed by atoms with Crippen LogP contribution in [0.4, 0.5) is 5.95 Å². The number of rotatable bonds is 4. The van der Waals surface area contributed by atoms with E-state index in [0.29, 0.717) is 28.3 Å². The van der Waals surface area contributed by atoms with Crippen LogP contribution in [0.5, 0.6) is 0 Å². The number of nitrogens with zero attached hydrogens (tertiary/aromatic N) is 4. The molecule has 3 rings (SSSR count). The monoisotopic (exact) mass is 335 g/mol. The minimum Gasteiger partial charge on any atom is -0.351 e. The lowest BCUT2D eigenvalue weighted by Gasteiger charge is -2.22. The van der Waals surface area contributed by atoms with Gasteiger partial charge in [0.1, 0.15) is 6.33 Å². The molecule has 1 aliphatic carbocycles. The van der Waals surface area contributed by atoms with Gasteiger partial charge in [0.25, 0.3) is 0 Å². The molecule has 22 heavy (non-hydrogen) atoms. The molecular formula is C15H18ClN5S. The third-order valence-electron chi connectivity index (χ3n) is 3.86. The molecule has 0 aromatic carbocycles. The Bertz CT molecular complexity index is 696. The van der Waals surface area contributed by atoms with Crippen LogP contribution in [-0.2, 0) is 6.54 Å². The van der Waals surface area contributed by atoms with Gasteiger partial charge in [0.05, 0.1) is 17.3 Å². The van der Waals surface area contributed by atoms with Crippen molar-refractivity contribution in [1.82, 2.24) is 19.5 Å². The molecule has 1 N–H and O–H groups in total. The summed E-state index contributed by atoms with van der Waals surface area (Å²) >= 11 is 11.5. The summed E-state index contributed by atoms with van der Waals surface area (Å²) in [5.41, 5.74) is 0.761. The first-order valence-corrected chi connectivity index (χ1v) is 8.30. The van der Waals surface area contributed by atoms with Crippen LogP contribution in [0.25, 0.3) is 0 Å². The molecule has 0 atom stereocenters. The summed E-state index contributed by atoms with van der Waals surface area (Å²) in [6.07, 6.45) is 9.62. The van der Waals surface area contributed by atoms with Gasteiger partial charge in [-0.05, 0) is 37.2 Å². The van der Waals surface area contributed by atoms with E-state index in [1.54, 1.807) is 23.2 Å². The van der Waals surface area contributed by atoms with E-state index in [0.717, 1.165) is 5.69 Å². The fourth-order valence-electron chi connectivity index (χ4n) is 2.66. The lowest BCUT2D eigenvalue weighted by atomic mass is 9.96. The first-order valence-electron chi connectivity index (χ1n) is 7.52. The van der Waals surface area contributed by atoms with E-state index in [9.17, 15) is 0 Å². The minimum atomic E-state index is 0.462. The van der Waals surface area contributed by atoms with Crippen molar-refractivity contribution in [2.24, 2.45) is 0 Å². The maximum Gasteiger partial charge on any atom is 0.227 e. The van der Waals surface area contributed by atoms with Gasteiger partial charge >= 0.3 is 0 Å². The van der Waals surface area contributed by atoms with Crippen molar-refractivity contribution in [2.75, 3.05) is 5.32 Å². The zero-order valence-corrected chi connectivity index (χ0v) is 13.8. The second-order valence-electron chi connectivity index (χ2n) is 5.50. The number of hydrogen-bond donors (Lipinski definition) is 1. The maximum absolute atomic E-state index is 6.12. The van der Waals surface area contributed by atoms with Crippen LogP contribution >= 0.6 is 23.8 Å². The predicted octanol–water partition coefficient (Wildman–Crippen LogP) is 3.85. The molecule has 116 valence electrons. The molecule has 0 aliphatic heterocycles. The molecule has 2 heterocycles. The normalized spacial score (nSPS) is 15.7. The Morgan fingerprint density at radius 2 is 2.09 bits per heavy atom. The summed E-state index contributed by atoms with van der Waals surface area (Å²) in [6.45, 7) is 0.474. The van der Waals surface area contributed by atoms with Gasteiger partial charge in [-0.3, -0.25) is 4.98 Å². The summed E-state index contributed by atoms with van der Waals surface area (Å²) < 4.78 is 2.25. The molecule has 1 saturated carbocycles. The number of anilines is 1. The topological polar surface area (TPSA) is 55.6 Å². The molecule has 0 unspecified atom stereocenters. The summed E-state index contributed by atoms with van der Waals surface area (Å²) in [4.78, 5) is 13.0. The van der Waals surface area contributed by atoms with Gasteiger partial charge in [-0.1, -0.05) is 30.9 Å². The second-order valence-corrected chi connectivity index (χ2v) is 6.27. The molecule has 0 saturated heterocycles. The van der Waals surface area contributed by atoms with Crippen molar-refractivity contribution in [3.63, 3.8) is 0 Å². The Morgan fingerprint density at radius 1 is 1.27 bits per heavy atom. The highest BCUT2D eigenvalue weighted by molar-refractivity contribution is 7.71. The van der Waals surface area contributed by atoms with Crippen LogP contribution in [-0.4, -0.2) is 25.6 Å². The average Bonchev–Trinajstić information content (AvgIpc) is 2.53. The van der Waals surface area contributed by atoms with Crippen molar-refractivity contribution in [1.29, 1.82) is 0 Å². The standard InChI is InChI=1S/C15H18ClN5S/c16-12-7-4-8-17-13(12)9-21-10-18-14(20-15(21)22)19-11-5-2-1-3-6-11/h4,7-8,10-11H,1-3,5-6,9H2,(H,19,20,22). The Kier molecular flexibility index (Phi) is 5.00. The van der Waals surface area contributed by atoms with Crippen molar-refractivity contribution < 1.29 is 0 Å². The Labute approximate surface area is 139 Å². The lowest BCUT2D eigenvalue weighted by Crippen LogP contribution is -2.24. The SMILES string of the molecule is S=c1nc(NC2CCCCC2)ncn1Cc1ncccc1Cl. The van der Waals surface area contributed by atoms with Gasteiger partial charge in [0, 0.05) is 12.2 Å². The van der Waals surface area contributed by atoms with E-state index >= 15 is 0 Å². The molecule has 7 heteroatoms. The Balaban J connectivity index is 1.72. The first kappa shape index (κ1) is 15.4. The van der Waals surface area contributed by atoms with Crippen LogP contribution in [0.2, 0.25) is 5.02 Å². The van der Waals surface area contributed by atoms with E-state index in [2.05, 4.69) is 20.3 Å². The van der Waals surface area contributed by atoms with Gasteiger partial charge < -0.3 is 9.88 Å². The van der Waals surface area contributed by atoms with E-state index in [-0.39, 0.29) is 0 Å². The zero-order chi connectivity index (χ0) is 15.4. The zero-order valence-electron chi connectivity index (χ0n) is 12.2. The quantitative estimate of drug-likeness (QED) is 0.860. The van der Waals surface area contributed by atoms with Gasteiger partial charge in [0.15, 0.2) is 0 Å². The van der Waals surface area contributed by atoms with Crippen LogP contribution in [0, 0.1) is 4.77 Å². The molecule has 1 fully saturated rings. The molecule has 2 aromatic heterocycles. The molecule has 2 aromatic rings. The molecule has 0 amide bonds. The molecule has 1 aliphatic rings. The van der Waals surface area contributed by atoms with Gasteiger partial charge in [-0.25, -0.2) is 4.98 Å². The number of aromatic nitrogens is 4. The highest BCUT2D eigenvalue weighted by atomic mass is 35.5. The third-order valence-corrected chi connectivity index (χ3v) is 4.53. The fraction of sp³-hybridized carbons (Fsp3) is 0.467. The molecular weight excluding hydrogens is 318 g/mol. The van der Waals surface area contributed by atoms with Gasteiger partial charge in [-0.2, -0.15) is 4.98 Å². The fourth-order valence-corrected chi connectivity index (χ4v) is 3.04. The van der Waals surface area contributed by atoms with Crippen LogP contribution < -0.4 is 5.32 Å². The predicted molar refractivity (Wildman–Crippen MR) is 89.7 cm³/mol. The van der Waals surface area contributed by atoms with Crippen molar-refractivity contribution >= 4 is 29.8 Å². The van der Waals surface area contributed by atoms with Gasteiger partial charge in [0.2, 0.25) is 10.7 Å². The van der Waals surface area contributed by atoms with Crippen LogP contribution in [0.15, 0.2) is 24.7 Å². The Hall–Kier alpha value is -1.53. The first-order chi connectivity index (χ1) is 10.7. The summed E-state index contributed by atoms with van der Waals surface area (Å²) in [5.74, 6) is 0.611.